The van der Waals surface area contributed by atoms with E-state index in [1.165, 1.54) is 12.8 Å². The fourth-order valence-electron chi connectivity index (χ4n) is 1.95. The Morgan fingerprint density at radius 1 is 1.08 bits per heavy atom. The Balaban J connectivity index is 3.92. The fraction of sp³-hybridized carbons (Fsp3) is 1.00. The molecule has 0 aliphatic rings. The molecule has 0 rings (SSSR count). The molecule has 0 amide bonds. The van der Waals surface area contributed by atoms with Crippen LogP contribution in [0.25, 0.3) is 0 Å². The van der Waals surface area contributed by atoms with Crippen molar-refractivity contribution in [3.05, 3.63) is 0 Å². The number of aliphatic hydroxyl groups is 1. The molecule has 1 nitrogen and oxygen atoms in total. The molecule has 1 heteroatoms. The second-order valence-corrected chi connectivity index (χ2v) is 5.15. The van der Waals surface area contributed by atoms with Crippen molar-refractivity contribution in [3.63, 3.8) is 0 Å². The first-order chi connectivity index (χ1) is 5.91. The molecule has 1 N–H and O–H groups in total. The molecular formula is C12H26O. The summed E-state index contributed by atoms with van der Waals surface area (Å²) < 4.78 is 0. The van der Waals surface area contributed by atoms with Crippen LogP contribution in [0.1, 0.15) is 60.3 Å². The predicted octanol–water partition coefficient (Wildman–Crippen LogP) is 3.61. The molecule has 0 aliphatic heterocycles. The molecule has 2 atom stereocenters. The molecule has 0 heterocycles. The fourth-order valence-corrected chi connectivity index (χ4v) is 1.95. The van der Waals surface area contributed by atoms with Gasteiger partial charge in [-0.25, -0.2) is 0 Å². The number of rotatable bonds is 6. The third-order valence-corrected chi connectivity index (χ3v) is 2.86. The van der Waals surface area contributed by atoms with E-state index in [9.17, 15) is 5.11 Å². The van der Waals surface area contributed by atoms with E-state index >= 15 is 0 Å². The summed E-state index contributed by atoms with van der Waals surface area (Å²) in [5.41, 5.74) is 0.296. The minimum absolute atomic E-state index is 0.112. The smallest absolute Gasteiger partial charge is 0.0542 e. The minimum Gasteiger partial charge on any atom is -0.393 e. The second kappa shape index (κ2) is 5.64. The average molecular weight is 186 g/mol. The molecule has 0 aromatic carbocycles. The Labute approximate surface area is 83.5 Å². The van der Waals surface area contributed by atoms with Gasteiger partial charge in [-0.05, 0) is 30.6 Å². The average Bonchev–Trinajstić information content (AvgIpc) is 2.02. The summed E-state index contributed by atoms with van der Waals surface area (Å²) in [6.07, 6.45) is 4.17. The van der Waals surface area contributed by atoms with E-state index < -0.39 is 0 Å². The molecule has 80 valence electrons. The van der Waals surface area contributed by atoms with E-state index in [-0.39, 0.29) is 6.10 Å². The molecule has 0 radical (unpaired) electrons. The van der Waals surface area contributed by atoms with Crippen LogP contribution in [0, 0.1) is 11.3 Å². The zero-order valence-electron chi connectivity index (χ0n) is 9.93. The molecule has 0 saturated carbocycles. The van der Waals surface area contributed by atoms with Gasteiger partial charge in [-0.15, -0.1) is 0 Å². The molecule has 0 spiro atoms. The van der Waals surface area contributed by atoms with Gasteiger partial charge in [0.05, 0.1) is 6.10 Å². The highest BCUT2D eigenvalue weighted by molar-refractivity contribution is 4.74. The van der Waals surface area contributed by atoms with Gasteiger partial charge in [0.1, 0.15) is 0 Å². The number of hydrogen-bond donors (Lipinski definition) is 1. The Bertz CT molecular complexity index is 115. The second-order valence-electron chi connectivity index (χ2n) is 5.15. The Kier molecular flexibility index (Phi) is 5.62. The van der Waals surface area contributed by atoms with Crippen LogP contribution in [0.3, 0.4) is 0 Å². The highest BCUT2D eigenvalue weighted by Gasteiger charge is 2.23. The summed E-state index contributed by atoms with van der Waals surface area (Å²) in [6, 6.07) is 0. The molecule has 0 fully saturated rings. The summed E-state index contributed by atoms with van der Waals surface area (Å²) in [6.45, 7) is 11.1. The lowest BCUT2D eigenvalue weighted by atomic mass is 9.78. The Hall–Kier alpha value is -0.0400. The van der Waals surface area contributed by atoms with Crippen LogP contribution >= 0.6 is 0 Å². The van der Waals surface area contributed by atoms with E-state index in [0.717, 1.165) is 18.8 Å². The van der Waals surface area contributed by atoms with E-state index in [4.69, 9.17) is 0 Å². The van der Waals surface area contributed by atoms with E-state index in [1.54, 1.807) is 0 Å². The lowest BCUT2D eigenvalue weighted by molar-refractivity contribution is 0.0975. The number of hydrogen-bond acceptors (Lipinski definition) is 1. The van der Waals surface area contributed by atoms with E-state index in [1.807, 2.05) is 6.92 Å². The van der Waals surface area contributed by atoms with Gasteiger partial charge in [-0.2, -0.15) is 0 Å². The van der Waals surface area contributed by atoms with Crippen molar-refractivity contribution >= 4 is 0 Å². The van der Waals surface area contributed by atoms with Crippen molar-refractivity contribution in [2.45, 2.75) is 66.4 Å². The van der Waals surface area contributed by atoms with Gasteiger partial charge in [-0.1, -0.05) is 41.0 Å². The van der Waals surface area contributed by atoms with Crippen LogP contribution in [-0.4, -0.2) is 11.2 Å². The highest BCUT2D eigenvalue weighted by Crippen LogP contribution is 2.32. The largest absolute Gasteiger partial charge is 0.393 e. The summed E-state index contributed by atoms with van der Waals surface area (Å²) in [4.78, 5) is 0. The van der Waals surface area contributed by atoms with Crippen LogP contribution in [0.4, 0.5) is 0 Å². The molecule has 2 unspecified atom stereocenters. The lowest BCUT2D eigenvalue weighted by Gasteiger charge is -2.29. The lowest BCUT2D eigenvalue weighted by Crippen LogP contribution is -2.22. The van der Waals surface area contributed by atoms with Gasteiger partial charge in [0.15, 0.2) is 0 Å². The first kappa shape index (κ1) is 13.0. The highest BCUT2D eigenvalue weighted by atomic mass is 16.3. The predicted molar refractivity (Wildman–Crippen MR) is 58.8 cm³/mol. The zero-order valence-corrected chi connectivity index (χ0v) is 9.93. The molecule has 0 saturated heterocycles. The number of aliphatic hydroxyl groups excluding tert-OH is 1. The van der Waals surface area contributed by atoms with Crippen LogP contribution in [0.15, 0.2) is 0 Å². The van der Waals surface area contributed by atoms with E-state index in [0.29, 0.717) is 5.41 Å². The van der Waals surface area contributed by atoms with Crippen LogP contribution < -0.4 is 0 Å². The molecule has 0 aromatic rings. The molecule has 0 bridgehead atoms. The summed E-state index contributed by atoms with van der Waals surface area (Å²) >= 11 is 0. The zero-order chi connectivity index (χ0) is 10.5. The molecule has 0 aliphatic carbocycles. The van der Waals surface area contributed by atoms with Crippen molar-refractivity contribution in [3.8, 4) is 0 Å². The Morgan fingerprint density at radius 2 is 1.62 bits per heavy atom. The molecular weight excluding hydrogens is 160 g/mol. The molecule has 13 heavy (non-hydrogen) atoms. The molecule has 0 aromatic heterocycles. The SMILES string of the molecule is CCC(C)CC(C)(C)CC(O)CC. The quantitative estimate of drug-likeness (QED) is 0.672. The van der Waals surface area contributed by atoms with Crippen molar-refractivity contribution in [2.24, 2.45) is 11.3 Å². The first-order valence-electron chi connectivity index (χ1n) is 5.59. The standard InChI is InChI=1S/C12H26O/c1-6-10(3)8-12(4,5)9-11(13)7-2/h10-11,13H,6-9H2,1-5H3. The van der Waals surface area contributed by atoms with Crippen molar-refractivity contribution in [1.29, 1.82) is 0 Å². The van der Waals surface area contributed by atoms with Crippen molar-refractivity contribution in [2.75, 3.05) is 0 Å². The minimum atomic E-state index is -0.112. The van der Waals surface area contributed by atoms with Gasteiger partial charge >= 0.3 is 0 Å². The maximum atomic E-state index is 9.58. The van der Waals surface area contributed by atoms with Gasteiger partial charge in [0.25, 0.3) is 0 Å². The van der Waals surface area contributed by atoms with E-state index in [2.05, 4.69) is 27.7 Å². The summed E-state index contributed by atoms with van der Waals surface area (Å²) in [7, 11) is 0. The summed E-state index contributed by atoms with van der Waals surface area (Å²) in [5, 5.41) is 9.58. The van der Waals surface area contributed by atoms with Gasteiger partial charge in [0, 0.05) is 0 Å². The van der Waals surface area contributed by atoms with Gasteiger partial charge in [0.2, 0.25) is 0 Å². The Morgan fingerprint density at radius 3 is 2.00 bits per heavy atom. The third kappa shape index (κ3) is 6.09. The topological polar surface area (TPSA) is 20.2 Å². The third-order valence-electron chi connectivity index (χ3n) is 2.86. The summed E-state index contributed by atoms with van der Waals surface area (Å²) in [5.74, 6) is 0.777. The first-order valence-corrected chi connectivity index (χ1v) is 5.59. The van der Waals surface area contributed by atoms with Crippen molar-refractivity contribution < 1.29 is 5.11 Å². The van der Waals surface area contributed by atoms with Gasteiger partial charge < -0.3 is 5.11 Å². The van der Waals surface area contributed by atoms with Crippen LogP contribution in [0.2, 0.25) is 0 Å². The van der Waals surface area contributed by atoms with Crippen LogP contribution in [-0.2, 0) is 0 Å². The normalized spacial score (nSPS) is 17.1. The maximum absolute atomic E-state index is 9.58. The van der Waals surface area contributed by atoms with Crippen molar-refractivity contribution in [1.82, 2.24) is 0 Å². The maximum Gasteiger partial charge on any atom is 0.0542 e. The van der Waals surface area contributed by atoms with Crippen LogP contribution in [0.5, 0.6) is 0 Å². The van der Waals surface area contributed by atoms with Gasteiger partial charge in [-0.3, -0.25) is 0 Å². The monoisotopic (exact) mass is 186 g/mol.